The van der Waals surface area contributed by atoms with Gasteiger partial charge in [-0.15, -0.1) is 10.2 Å². The summed E-state index contributed by atoms with van der Waals surface area (Å²) in [6, 6.07) is 22.0. The monoisotopic (exact) mass is 408 g/mol. The Labute approximate surface area is 178 Å². The van der Waals surface area contributed by atoms with Gasteiger partial charge < -0.3 is 4.98 Å². The first-order chi connectivity index (χ1) is 15.1. The van der Waals surface area contributed by atoms with Crippen molar-refractivity contribution in [3.05, 3.63) is 78.5 Å². The quantitative estimate of drug-likeness (QED) is 0.450. The summed E-state index contributed by atoms with van der Waals surface area (Å²) in [5, 5.41) is 11.4. The van der Waals surface area contributed by atoms with Crippen molar-refractivity contribution in [1.82, 2.24) is 24.6 Å². The van der Waals surface area contributed by atoms with E-state index in [0.29, 0.717) is 5.95 Å². The summed E-state index contributed by atoms with van der Waals surface area (Å²) in [6.07, 6.45) is 1.98. The van der Waals surface area contributed by atoms with Crippen LogP contribution in [0.2, 0.25) is 0 Å². The molecule has 0 aliphatic rings. The third-order valence-corrected chi connectivity index (χ3v) is 5.01. The number of nitrogens with one attached hydrogen (secondary N) is 2. The number of carbonyl (C=O) groups is 1. The minimum atomic E-state index is -0.184. The Kier molecular flexibility index (Phi) is 4.55. The van der Waals surface area contributed by atoms with Crippen molar-refractivity contribution in [2.75, 3.05) is 5.32 Å². The van der Waals surface area contributed by atoms with Crippen molar-refractivity contribution >= 4 is 17.5 Å². The number of nitrogens with zero attached hydrogens (tertiary/aromatic N) is 4. The number of aromatic amines is 1. The molecule has 0 aliphatic heterocycles. The summed E-state index contributed by atoms with van der Waals surface area (Å²) in [4.78, 5) is 19.5. The van der Waals surface area contributed by atoms with Gasteiger partial charge in [0, 0.05) is 29.8 Å². The van der Waals surface area contributed by atoms with E-state index in [2.05, 4.69) is 31.5 Å². The number of pyridine rings is 1. The van der Waals surface area contributed by atoms with Crippen LogP contribution in [0.15, 0.2) is 72.9 Å². The Bertz CT molecular complexity index is 1400. The van der Waals surface area contributed by atoms with Crippen molar-refractivity contribution in [2.45, 2.75) is 13.8 Å². The van der Waals surface area contributed by atoms with Crippen LogP contribution < -0.4 is 5.32 Å². The van der Waals surface area contributed by atoms with Crippen LogP contribution in [0.4, 0.5) is 5.95 Å². The molecule has 0 atom stereocenters. The maximum Gasteiger partial charge on any atom is 0.223 e. The van der Waals surface area contributed by atoms with E-state index in [1.807, 2.05) is 78.2 Å². The smallest absolute Gasteiger partial charge is 0.223 e. The second-order valence-corrected chi connectivity index (χ2v) is 7.40. The molecular weight excluding hydrogens is 388 g/mol. The topological polar surface area (TPSA) is 88.0 Å². The van der Waals surface area contributed by atoms with Crippen LogP contribution in [0.3, 0.4) is 0 Å². The van der Waals surface area contributed by atoms with Gasteiger partial charge in [0.1, 0.15) is 0 Å². The van der Waals surface area contributed by atoms with E-state index in [9.17, 15) is 4.79 Å². The fourth-order valence-electron chi connectivity index (χ4n) is 3.63. The number of rotatable bonds is 4. The van der Waals surface area contributed by atoms with Crippen molar-refractivity contribution in [3.63, 3.8) is 0 Å². The molecule has 0 unspecified atom stereocenters. The molecule has 0 spiro atoms. The number of fused-ring (bicyclic) bond motifs is 1. The highest BCUT2D eigenvalue weighted by Gasteiger charge is 2.17. The standard InChI is InChI=1S/C24H20N6O/c1-15-7-6-10-18(13-15)21-22(27-24(26-21)25-16(2)31)19-11-12-20-28-29-23(30(20)14-19)17-8-4-3-5-9-17/h3-14H,1-2H3,(H2,25,26,27,31). The first-order valence-electron chi connectivity index (χ1n) is 9.94. The van der Waals surface area contributed by atoms with Crippen LogP contribution in [-0.2, 0) is 4.79 Å². The fraction of sp³-hybridized carbons (Fsp3) is 0.0833. The molecule has 3 heterocycles. The minimum absolute atomic E-state index is 0.184. The van der Waals surface area contributed by atoms with Gasteiger partial charge in [-0.1, -0.05) is 54.1 Å². The molecule has 0 bridgehead atoms. The molecule has 5 rings (SSSR count). The summed E-state index contributed by atoms with van der Waals surface area (Å²) in [6.45, 7) is 3.51. The van der Waals surface area contributed by atoms with Gasteiger partial charge in [-0.25, -0.2) is 4.98 Å². The second kappa shape index (κ2) is 7.53. The minimum Gasteiger partial charge on any atom is -0.323 e. The molecule has 7 heteroatoms. The molecule has 152 valence electrons. The number of imidazole rings is 1. The number of hydrogen-bond acceptors (Lipinski definition) is 4. The molecule has 0 saturated heterocycles. The zero-order valence-corrected chi connectivity index (χ0v) is 17.1. The number of aromatic nitrogens is 5. The van der Waals surface area contributed by atoms with Gasteiger partial charge in [0.05, 0.1) is 11.4 Å². The van der Waals surface area contributed by atoms with Crippen molar-refractivity contribution in [2.24, 2.45) is 0 Å². The number of amides is 1. The Morgan fingerprint density at radius 3 is 2.52 bits per heavy atom. The number of benzene rings is 2. The number of H-pyrrole nitrogens is 1. The first-order valence-corrected chi connectivity index (χ1v) is 9.94. The Balaban J connectivity index is 1.68. The van der Waals surface area contributed by atoms with E-state index < -0.39 is 0 Å². The van der Waals surface area contributed by atoms with Gasteiger partial charge >= 0.3 is 0 Å². The highest BCUT2D eigenvalue weighted by Crippen LogP contribution is 2.32. The van der Waals surface area contributed by atoms with E-state index in [1.54, 1.807) is 0 Å². The number of aryl methyl sites for hydroxylation is 1. The molecule has 2 N–H and O–H groups in total. The van der Waals surface area contributed by atoms with Gasteiger partial charge in [-0.2, -0.15) is 0 Å². The lowest BCUT2D eigenvalue weighted by Crippen LogP contribution is -2.06. The summed E-state index contributed by atoms with van der Waals surface area (Å²) < 4.78 is 1.96. The largest absolute Gasteiger partial charge is 0.323 e. The molecule has 0 aliphatic carbocycles. The van der Waals surface area contributed by atoms with Gasteiger partial charge in [0.15, 0.2) is 11.5 Å². The van der Waals surface area contributed by atoms with E-state index in [0.717, 1.165) is 45.1 Å². The van der Waals surface area contributed by atoms with Gasteiger partial charge in [0.25, 0.3) is 0 Å². The van der Waals surface area contributed by atoms with E-state index >= 15 is 0 Å². The van der Waals surface area contributed by atoms with Crippen LogP contribution >= 0.6 is 0 Å². The maximum atomic E-state index is 11.6. The predicted octanol–water partition coefficient (Wildman–Crippen LogP) is 4.72. The molecule has 7 nitrogen and oxygen atoms in total. The molecule has 31 heavy (non-hydrogen) atoms. The van der Waals surface area contributed by atoms with Gasteiger partial charge in [-0.3, -0.25) is 14.5 Å². The van der Waals surface area contributed by atoms with Crippen LogP contribution in [0, 0.1) is 6.92 Å². The normalized spacial score (nSPS) is 11.0. The molecule has 0 saturated carbocycles. The molecule has 3 aromatic heterocycles. The SMILES string of the molecule is CC(=O)Nc1nc(-c2ccc3nnc(-c4ccccc4)n3c2)c(-c2cccc(C)c2)[nH]1. The molecule has 5 aromatic rings. The number of hydrogen-bond donors (Lipinski definition) is 2. The van der Waals surface area contributed by atoms with Crippen molar-refractivity contribution < 1.29 is 4.79 Å². The summed E-state index contributed by atoms with van der Waals surface area (Å²) >= 11 is 0. The molecule has 0 fully saturated rings. The predicted molar refractivity (Wildman–Crippen MR) is 120 cm³/mol. The fourth-order valence-corrected chi connectivity index (χ4v) is 3.63. The molecule has 1 amide bonds. The van der Waals surface area contributed by atoms with E-state index in [4.69, 9.17) is 0 Å². The van der Waals surface area contributed by atoms with E-state index in [-0.39, 0.29) is 5.91 Å². The number of anilines is 1. The highest BCUT2D eigenvalue weighted by molar-refractivity contribution is 5.89. The van der Waals surface area contributed by atoms with Crippen LogP contribution in [0.5, 0.6) is 0 Å². The van der Waals surface area contributed by atoms with Crippen LogP contribution in [0.1, 0.15) is 12.5 Å². The summed E-state index contributed by atoms with van der Waals surface area (Å²) in [7, 11) is 0. The molecule has 0 radical (unpaired) electrons. The Hall–Kier alpha value is -4.26. The lowest BCUT2D eigenvalue weighted by molar-refractivity contribution is -0.114. The zero-order valence-electron chi connectivity index (χ0n) is 17.1. The van der Waals surface area contributed by atoms with Gasteiger partial charge in [-0.05, 0) is 25.1 Å². The highest BCUT2D eigenvalue weighted by atomic mass is 16.1. The number of carbonyl (C=O) groups excluding carboxylic acids is 1. The van der Waals surface area contributed by atoms with Gasteiger partial charge in [0.2, 0.25) is 11.9 Å². The van der Waals surface area contributed by atoms with Crippen LogP contribution in [0.25, 0.3) is 39.5 Å². The Morgan fingerprint density at radius 1 is 0.935 bits per heavy atom. The molecular formula is C24H20N6O. The van der Waals surface area contributed by atoms with Crippen LogP contribution in [-0.4, -0.2) is 30.5 Å². The average Bonchev–Trinajstić information content (AvgIpc) is 3.38. The van der Waals surface area contributed by atoms with Crippen molar-refractivity contribution in [1.29, 1.82) is 0 Å². The lowest BCUT2D eigenvalue weighted by Gasteiger charge is -2.06. The van der Waals surface area contributed by atoms with Crippen molar-refractivity contribution in [3.8, 4) is 33.9 Å². The second-order valence-electron chi connectivity index (χ2n) is 7.40. The summed E-state index contributed by atoms with van der Waals surface area (Å²) in [5.74, 6) is 0.982. The molecule has 2 aromatic carbocycles. The maximum absolute atomic E-state index is 11.6. The lowest BCUT2D eigenvalue weighted by atomic mass is 10.0. The Morgan fingerprint density at radius 2 is 1.74 bits per heavy atom. The van der Waals surface area contributed by atoms with E-state index in [1.165, 1.54) is 6.92 Å². The third-order valence-electron chi connectivity index (χ3n) is 5.01. The average molecular weight is 408 g/mol. The zero-order chi connectivity index (χ0) is 21.4. The summed E-state index contributed by atoms with van der Waals surface area (Å²) in [5.41, 5.74) is 6.31. The third kappa shape index (κ3) is 3.57. The first kappa shape index (κ1) is 18.7.